The van der Waals surface area contributed by atoms with Gasteiger partial charge in [-0.15, -0.1) is 0 Å². The van der Waals surface area contributed by atoms with E-state index >= 15 is 0 Å². The molecule has 16 heavy (non-hydrogen) atoms. The molecule has 0 radical (unpaired) electrons. The van der Waals surface area contributed by atoms with Crippen LogP contribution in [-0.4, -0.2) is 37.4 Å². The molecule has 3 fully saturated rings. The molecule has 4 nitrogen and oxygen atoms in total. The van der Waals surface area contributed by atoms with E-state index in [9.17, 15) is 4.79 Å². The zero-order valence-electron chi connectivity index (χ0n) is 9.48. The van der Waals surface area contributed by atoms with Crippen molar-refractivity contribution >= 4 is 5.91 Å². The second-order valence-corrected chi connectivity index (χ2v) is 5.11. The lowest BCUT2D eigenvalue weighted by atomic mass is 9.89. The van der Waals surface area contributed by atoms with Gasteiger partial charge in [0.05, 0.1) is 25.4 Å². The second-order valence-electron chi connectivity index (χ2n) is 5.11. The highest BCUT2D eigenvalue weighted by atomic mass is 16.6. The van der Waals surface area contributed by atoms with Crippen molar-refractivity contribution in [3.05, 3.63) is 0 Å². The molecule has 90 valence electrons. The van der Waals surface area contributed by atoms with Crippen LogP contribution in [0, 0.1) is 5.92 Å². The van der Waals surface area contributed by atoms with E-state index in [2.05, 4.69) is 5.32 Å². The molecule has 0 bridgehead atoms. The molecule has 3 aliphatic rings. The minimum Gasteiger partial charge on any atom is -0.373 e. The van der Waals surface area contributed by atoms with Crippen molar-refractivity contribution in [1.29, 1.82) is 0 Å². The van der Waals surface area contributed by atoms with Gasteiger partial charge >= 0.3 is 0 Å². The quantitative estimate of drug-likeness (QED) is 0.758. The van der Waals surface area contributed by atoms with Crippen molar-refractivity contribution in [2.45, 2.75) is 50.4 Å². The molecule has 2 saturated carbocycles. The Morgan fingerprint density at radius 2 is 1.75 bits per heavy atom. The van der Waals surface area contributed by atoms with Gasteiger partial charge in [0.1, 0.15) is 0 Å². The van der Waals surface area contributed by atoms with Crippen LogP contribution in [0.1, 0.15) is 32.1 Å². The summed E-state index contributed by atoms with van der Waals surface area (Å²) in [5.74, 6) is 0.557. The van der Waals surface area contributed by atoms with Crippen LogP contribution in [-0.2, 0) is 14.3 Å². The largest absolute Gasteiger partial charge is 0.373 e. The third-order valence-corrected chi connectivity index (χ3v) is 3.77. The minimum atomic E-state index is 0.201. The van der Waals surface area contributed by atoms with Gasteiger partial charge in [0, 0.05) is 12.0 Å². The van der Waals surface area contributed by atoms with Crippen LogP contribution >= 0.6 is 0 Å². The fraction of sp³-hybridized carbons (Fsp3) is 0.917. The highest BCUT2D eigenvalue weighted by molar-refractivity contribution is 5.81. The first-order chi connectivity index (χ1) is 7.83. The van der Waals surface area contributed by atoms with E-state index in [1.54, 1.807) is 0 Å². The van der Waals surface area contributed by atoms with Crippen molar-refractivity contribution in [1.82, 2.24) is 5.32 Å². The Kier molecular flexibility index (Phi) is 2.86. The molecule has 1 heterocycles. The fourth-order valence-corrected chi connectivity index (χ4v) is 2.66. The molecule has 0 aromatic rings. The van der Waals surface area contributed by atoms with Crippen LogP contribution in [0.2, 0.25) is 0 Å². The Morgan fingerprint density at radius 1 is 1.00 bits per heavy atom. The third kappa shape index (κ3) is 2.23. The number of fused-ring (bicyclic) bond motifs is 1. The molecule has 1 aliphatic heterocycles. The summed E-state index contributed by atoms with van der Waals surface area (Å²) in [6, 6.07) is 0.302. The van der Waals surface area contributed by atoms with Gasteiger partial charge in [-0.3, -0.25) is 4.79 Å². The molecule has 0 aromatic carbocycles. The van der Waals surface area contributed by atoms with E-state index < -0.39 is 0 Å². The summed E-state index contributed by atoms with van der Waals surface area (Å²) in [6.07, 6.45) is 5.58. The van der Waals surface area contributed by atoms with E-state index in [4.69, 9.17) is 9.47 Å². The summed E-state index contributed by atoms with van der Waals surface area (Å²) in [5.41, 5.74) is 0. The molecular weight excluding hydrogens is 206 g/mol. The van der Waals surface area contributed by atoms with Gasteiger partial charge in [-0.2, -0.15) is 0 Å². The van der Waals surface area contributed by atoms with Crippen molar-refractivity contribution in [2.24, 2.45) is 5.92 Å². The number of rotatable bonds is 2. The number of carbonyl (C=O) groups is 1. The van der Waals surface area contributed by atoms with Crippen LogP contribution < -0.4 is 5.32 Å². The lowest BCUT2D eigenvalue weighted by Crippen LogP contribution is -2.49. The van der Waals surface area contributed by atoms with Crippen molar-refractivity contribution in [3.8, 4) is 0 Å². The number of ether oxygens (including phenoxy) is 2. The smallest absolute Gasteiger partial charge is 0.223 e. The fourth-order valence-electron chi connectivity index (χ4n) is 2.66. The average molecular weight is 225 g/mol. The van der Waals surface area contributed by atoms with E-state index in [1.165, 1.54) is 0 Å². The monoisotopic (exact) mass is 225 g/mol. The van der Waals surface area contributed by atoms with Gasteiger partial charge in [0.15, 0.2) is 0 Å². The zero-order valence-corrected chi connectivity index (χ0v) is 9.48. The average Bonchev–Trinajstić information content (AvgIpc) is 3.12. The SMILES string of the molecule is O=C(NC1CCC2OCCOC2C1)C1CC1. The molecule has 4 heteroatoms. The maximum absolute atomic E-state index is 11.7. The first kappa shape index (κ1) is 10.5. The molecule has 3 atom stereocenters. The standard InChI is InChI=1S/C12H19NO3/c14-12(8-1-2-8)13-9-3-4-10-11(7-9)16-6-5-15-10/h8-11H,1-7H2,(H,13,14). The van der Waals surface area contributed by atoms with Gasteiger partial charge in [-0.25, -0.2) is 0 Å². The number of carbonyl (C=O) groups excluding carboxylic acids is 1. The summed E-state index contributed by atoms with van der Waals surface area (Å²) in [7, 11) is 0. The van der Waals surface area contributed by atoms with Crippen molar-refractivity contribution in [3.63, 3.8) is 0 Å². The topological polar surface area (TPSA) is 47.6 Å². The number of nitrogens with one attached hydrogen (secondary N) is 1. The Hall–Kier alpha value is -0.610. The highest BCUT2D eigenvalue weighted by Crippen LogP contribution is 2.31. The Bertz CT molecular complexity index is 277. The van der Waals surface area contributed by atoms with Crippen molar-refractivity contribution < 1.29 is 14.3 Å². The molecule has 1 N–H and O–H groups in total. The number of amides is 1. The highest BCUT2D eigenvalue weighted by Gasteiger charge is 2.37. The van der Waals surface area contributed by atoms with E-state index in [-0.39, 0.29) is 18.1 Å². The normalized spacial score (nSPS) is 38.9. The summed E-state index contributed by atoms with van der Waals surface area (Å²) in [4.78, 5) is 11.7. The molecule has 1 amide bonds. The Balaban J connectivity index is 1.51. The molecule has 2 aliphatic carbocycles. The minimum absolute atomic E-state index is 0.201. The summed E-state index contributed by atoms with van der Waals surface area (Å²) in [6.45, 7) is 1.42. The number of hydrogen-bond acceptors (Lipinski definition) is 3. The van der Waals surface area contributed by atoms with Crippen LogP contribution in [0.25, 0.3) is 0 Å². The van der Waals surface area contributed by atoms with Crippen LogP contribution in [0.15, 0.2) is 0 Å². The van der Waals surface area contributed by atoms with Crippen molar-refractivity contribution in [2.75, 3.05) is 13.2 Å². The molecule has 3 unspecified atom stereocenters. The summed E-state index contributed by atoms with van der Waals surface area (Å²) >= 11 is 0. The lowest BCUT2D eigenvalue weighted by Gasteiger charge is -2.39. The van der Waals surface area contributed by atoms with E-state index in [1.807, 2.05) is 0 Å². The zero-order chi connectivity index (χ0) is 11.0. The molecule has 3 rings (SSSR count). The molecule has 1 saturated heterocycles. The Morgan fingerprint density at radius 3 is 2.50 bits per heavy atom. The van der Waals surface area contributed by atoms with Crippen LogP contribution in [0.5, 0.6) is 0 Å². The maximum Gasteiger partial charge on any atom is 0.223 e. The second kappa shape index (κ2) is 4.34. The van der Waals surface area contributed by atoms with Gasteiger partial charge in [-0.1, -0.05) is 0 Å². The Labute approximate surface area is 95.7 Å². The van der Waals surface area contributed by atoms with Crippen LogP contribution in [0.4, 0.5) is 0 Å². The van der Waals surface area contributed by atoms with Crippen LogP contribution in [0.3, 0.4) is 0 Å². The molecule has 0 spiro atoms. The molecular formula is C12H19NO3. The summed E-state index contributed by atoms with van der Waals surface area (Å²) < 4.78 is 11.4. The van der Waals surface area contributed by atoms with E-state index in [0.717, 1.165) is 38.7 Å². The predicted molar refractivity (Wildman–Crippen MR) is 58.0 cm³/mol. The number of hydrogen-bond donors (Lipinski definition) is 1. The van der Waals surface area contributed by atoms with E-state index in [0.29, 0.717) is 18.6 Å². The van der Waals surface area contributed by atoms with Gasteiger partial charge in [-0.05, 0) is 32.1 Å². The first-order valence-corrected chi connectivity index (χ1v) is 6.36. The molecule has 0 aromatic heterocycles. The van der Waals surface area contributed by atoms with Gasteiger partial charge in [0.25, 0.3) is 0 Å². The maximum atomic E-state index is 11.7. The lowest BCUT2D eigenvalue weighted by molar-refractivity contribution is -0.158. The first-order valence-electron chi connectivity index (χ1n) is 6.36. The van der Waals surface area contributed by atoms with Gasteiger partial charge in [0.2, 0.25) is 5.91 Å². The van der Waals surface area contributed by atoms with Gasteiger partial charge < -0.3 is 14.8 Å². The summed E-state index contributed by atoms with van der Waals surface area (Å²) in [5, 5.41) is 3.14. The third-order valence-electron chi connectivity index (χ3n) is 3.77. The predicted octanol–water partition coefficient (Wildman–Crippen LogP) is 0.849.